The van der Waals surface area contributed by atoms with Crippen molar-refractivity contribution < 1.29 is 42.9 Å². The number of aliphatic imine (C=N–C) groups is 2. The van der Waals surface area contributed by atoms with E-state index in [-0.39, 0.29) is 79.9 Å². The highest BCUT2D eigenvalue weighted by Crippen LogP contribution is 2.36. The van der Waals surface area contributed by atoms with Crippen molar-refractivity contribution in [3.63, 3.8) is 0 Å². The lowest BCUT2D eigenvalue weighted by Crippen LogP contribution is -2.38. The number of nitrogens with zero attached hydrogens (tertiary/aromatic N) is 2. The first-order valence-corrected chi connectivity index (χ1v) is 25.9. The molecule has 0 saturated carbocycles. The number of hydrogen-bond acceptors (Lipinski definition) is 18. The van der Waals surface area contributed by atoms with Gasteiger partial charge in [0.1, 0.15) is 11.6 Å². The van der Waals surface area contributed by atoms with Crippen molar-refractivity contribution in [1.29, 1.82) is 0 Å². The summed E-state index contributed by atoms with van der Waals surface area (Å²) in [6.45, 7) is 3.72. The standard InChI is InChI=1S/C45H73N11O9S2/c46-13-19-64-23-24-65-22-16-51-45(61)52-32-26-30(41(59)49-14-20-62-17-5-9-33(57)7-1-3-11-37-39-35(28-66-37)53-43(47)55-39)25-31(27-32)42(60)50-15-21-63-18-6-10-34(58)8-2-4-12-38-40-36(29-67-38)54-44(48)56-40/h25-27,35-40H,1-24,28-29,46H2,(H,49,59)(H,50,60)(H3,47,53,55)(H3,48,54,56)(H2,51,52,61)/t35-,36-,37-,38-,39-,40-/m0/s1. The molecule has 6 atom stereocenters. The van der Waals surface area contributed by atoms with Gasteiger partial charge in [-0.15, -0.1) is 0 Å². The second-order valence-corrected chi connectivity index (χ2v) is 19.5. The van der Waals surface area contributed by atoms with Crippen LogP contribution in [0.25, 0.3) is 0 Å². The number of unbranched alkanes of at least 4 members (excludes halogenated alkanes) is 2. The minimum atomic E-state index is -0.543. The molecule has 67 heavy (non-hydrogen) atoms. The first-order valence-electron chi connectivity index (χ1n) is 23.8. The van der Waals surface area contributed by atoms with Gasteiger partial charge in [-0.25, -0.2) is 14.8 Å². The second kappa shape index (κ2) is 30.3. The summed E-state index contributed by atoms with van der Waals surface area (Å²) in [5.41, 5.74) is 17.6. The van der Waals surface area contributed by atoms with Crippen LogP contribution in [0.1, 0.15) is 97.8 Å². The average molecular weight is 976 g/mol. The molecule has 0 radical (unpaired) electrons. The molecule has 4 aliphatic rings. The van der Waals surface area contributed by atoms with Gasteiger partial charge >= 0.3 is 6.03 Å². The van der Waals surface area contributed by atoms with E-state index in [0.29, 0.717) is 113 Å². The molecule has 1 aromatic carbocycles. The number of Topliss-reactive ketones (excluding diaryl/α,β-unsaturated/α-hetero) is 2. The van der Waals surface area contributed by atoms with E-state index in [4.69, 9.17) is 36.1 Å². The Morgan fingerprint density at radius 2 is 1.03 bits per heavy atom. The van der Waals surface area contributed by atoms with E-state index in [2.05, 4.69) is 41.9 Å². The lowest BCUT2D eigenvalue weighted by Gasteiger charge is -2.14. The minimum Gasteiger partial charge on any atom is -0.380 e. The van der Waals surface area contributed by atoms with E-state index in [9.17, 15) is 24.0 Å². The highest BCUT2D eigenvalue weighted by molar-refractivity contribution is 8.00. The molecule has 4 aliphatic heterocycles. The zero-order valence-corrected chi connectivity index (χ0v) is 40.3. The Kier molecular flexibility index (Phi) is 24.3. The number of urea groups is 1. The number of nitrogens with two attached hydrogens (primary N) is 3. The molecular weight excluding hydrogens is 903 g/mol. The first kappa shape index (κ1) is 53.8. The van der Waals surface area contributed by atoms with Crippen LogP contribution in [0.2, 0.25) is 0 Å². The van der Waals surface area contributed by atoms with E-state index in [1.165, 1.54) is 18.2 Å². The lowest BCUT2D eigenvalue weighted by molar-refractivity contribution is -0.120. The predicted molar refractivity (Wildman–Crippen MR) is 263 cm³/mol. The van der Waals surface area contributed by atoms with Crippen molar-refractivity contribution in [1.82, 2.24) is 26.6 Å². The SMILES string of the molecule is NCCOCCOCCNC(=O)Nc1cc(C(=O)NCCOCCCC(=O)CCCC[C@@H]2SC[C@@H]3NC(N)=N[C@@H]32)cc(C(=O)NCCOCCCC(=O)CCCC[C@@H]2SC[C@@H]3NC(N)=N[C@@H]32)c1. The molecule has 2 fully saturated rings. The van der Waals surface area contributed by atoms with E-state index in [0.717, 1.165) is 50.0 Å². The highest BCUT2D eigenvalue weighted by atomic mass is 32.2. The number of ether oxygens (including phenoxy) is 4. The first-order chi connectivity index (χ1) is 32.6. The van der Waals surface area contributed by atoms with Crippen molar-refractivity contribution in [2.75, 3.05) is 95.9 Å². The quantitative estimate of drug-likeness (QED) is 0.0437. The summed E-state index contributed by atoms with van der Waals surface area (Å²) in [6, 6.07) is 5.02. The average Bonchev–Trinajstić information content (AvgIpc) is 4.08. The molecule has 2 saturated heterocycles. The molecule has 0 spiro atoms. The van der Waals surface area contributed by atoms with Gasteiger partial charge in [-0.1, -0.05) is 12.8 Å². The van der Waals surface area contributed by atoms with Crippen LogP contribution in [0.5, 0.6) is 0 Å². The molecule has 1 aromatic rings. The summed E-state index contributed by atoms with van der Waals surface area (Å²) < 4.78 is 22.1. The Morgan fingerprint density at radius 1 is 0.582 bits per heavy atom. The number of benzene rings is 1. The maximum atomic E-state index is 13.3. The number of guanidine groups is 2. The topological polar surface area (TPSA) is 297 Å². The van der Waals surface area contributed by atoms with Gasteiger partial charge in [-0.3, -0.25) is 19.2 Å². The molecular formula is C45H73N11O9S2. The third-order valence-electron chi connectivity index (χ3n) is 11.6. The van der Waals surface area contributed by atoms with Crippen LogP contribution < -0.4 is 49.1 Å². The number of hydrogen-bond donors (Lipinski definition) is 9. The summed E-state index contributed by atoms with van der Waals surface area (Å²) in [4.78, 5) is 73.2. The smallest absolute Gasteiger partial charge is 0.319 e. The number of carbonyl (C=O) groups excluding carboxylic acids is 5. The summed E-state index contributed by atoms with van der Waals surface area (Å²) in [7, 11) is 0. The van der Waals surface area contributed by atoms with Gasteiger partial charge in [0.2, 0.25) is 0 Å². The number of nitrogens with one attached hydrogen (secondary N) is 6. The van der Waals surface area contributed by atoms with Crippen molar-refractivity contribution in [2.45, 2.75) is 112 Å². The number of carbonyl (C=O) groups is 5. The number of rotatable bonds is 35. The molecule has 0 aliphatic carbocycles. The maximum Gasteiger partial charge on any atom is 0.319 e. The molecule has 0 unspecified atom stereocenters. The summed E-state index contributed by atoms with van der Waals surface area (Å²) in [5, 5.41) is 18.3. The number of ketones is 2. The third-order valence-corrected chi connectivity index (χ3v) is 14.6. The Hall–Kier alpha value is -4.19. The van der Waals surface area contributed by atoms with Gasteiger partial charge in [-0.2, -0.15) is 23.5 Å². The molecule has 0 bridgehead atoms. The van der Waals surface area contributed by atoms with Gasteiger partial charge in [0.05, 0.1) is 63.8 Å². The normalized spacial score (nSPS) is 21.4. The van der Waals surface area contributed by atoms with E-state index < -0.39 is 17.8 Å². The van der Waals surface area contributed by atoms with E-state index in [1.807, 2.05) is 23.5 Å². The van der Waals surface area contributed by atoms with Gasteiger partial charge in [0.25, 0.3) is 11.8 Å². The zero-order chi connectivity index (χ0) is 47.6. The largest absolute Gasteiger partial charge is 0.380 e. The van der Waals surface area contributed by atoms with Crippen molar-refractivity contribution >= 4 is 70.5 Å². The van der Waals surface area contributed by atoms with E-state index >= 15 is 0 Å². The molecule has 374 valence electrons. The highest BCUT2D eigenvalue weighted by Gasteiger charge is 2.41. The van der Waals surface area contributed by atoms with Crippen molar-refractivity contribution in [3.05, 3.63) is 29.3 Å². The monoisotopic (exact) mass is 976 g/mol. The number of fused-ring (bicyclic) bond motifs is 2. The van der Waals surface area contributed by atoms with E-state index in [1.54, 1.807) is 0 Å². The zero-order valence-electron chi connectivity index (χ0n) is 38.7. The number of amides is 4. The van der Waals surface area contributed by atoms with Crippen LogP contribution in [0.15, 0.2) is 28.2 Å². The summed E-state index contributed by atoms with van der Waals surface area (Å²) >= 11 is 3.86. The third kappa shape index (κ3) is 19.7. The molecule has 20 nitrogen and oxygen atoms in total. The van der Waals surface area contributed by atoms with Crippen LogP contribution in [0, 0.1) is 0 Å². The molecule has 22 heteroatoms. The van der Waals surface area contributed by atoms with Crippen LogP contribution in [-0.2, 0) is 28.5 Å². The molecule has 4 heterocycles. The van der Waals surface area contributed by atoms with Gasteiger partial charge in [-0.05, 0) is 56.7 Å². The Balaban J connectivity index is 0.953. The van der Waals surface area contributed by atoms with Crippen LogP contribution in [0.3, 0.4) is 0 Å². The second-order valence-electron chi connectivity index (χ2n) is 17.0. The lowest BCUT2D eigenvalue weighted by atomic mass is 10.0. The maximum absolute atomic E-state index is 13.3. The molecule has 0 aromatic heterocycles. The molecule has 4 amide bonds. The van der Waals surface area contributed by atoms with Crippen molar-refractivity contribution in [3.8, 4) is 0 Å². The molecule has 5 rings (SSSR count). The van der Waals surface area contributed by atoms with Crippen LogP contribution >= 0.6 is 23.5 Å². The fraction of sp³-hybridized carbons (Fsp3) is 0.711. The Bertz CT molecular complexity index is 1710. The summed E-state index contributed by atoms with van der Waals surface area (Å²) in [5.74, 6) is 2.61. The predicted octanol–water partition coefficient (Wildman–Crippen LogP) is 1.65. The number of anilines is 1. The molecule has 12 N–H and O–H groups in total. The van der Waals surface area contributed by atoms with Gasteiger partial charge < -0.3 is 68.0 Å². The Morgan fingerprint density at radius 3 is 1.52 bits per heavy atom. The van der Waals surface area contributed by atoms with Crippen molar-refractivity contribution in [2.24, 2.45) is 27.2 Å². The van der Waals surface area contributed by atoms with Gasteiger partial charge in [0.15, 0.2) is 11.9 Å². The fourth-order valence-corrected chi connectivity index (χ4v) is 11.3. The Labute approximate surface area is 402 Å². The number of thioether (sulfide) groups is 2. The van der Waals surface area contributed by atoms with Crippen LogP contribution in [0.4, 0.5) is 10.5 Å². The van der Waals surface area contributed by atoms with Gasteiger partial charge in [0, 0.05) is 104 Å². The fourth-order valence-electron chi connectivity index (χ4n) is 8.24. The van der Waals surface area contributed by atoms with Crippen LogP contribution in [-0.4, -0.2) is 167 Å². The minimum absolute atomic E-state index is 0.162. The summed E-state index contributed by atoms with van der Waals surface area (Å²) in [6.07, 6.45) is 8.88.